The lowest BCUT2D eigenvalue weighted by atomic mass is 9.94. The zero-order chi connectivity index (χ0) is 14.8. The van der Waals surface area contributed by atoms with Gasteiger partial charge in [-0.25, -0.2) is 9.78 Å². The second-order valence-corrected chi connectivity index (χ2v) is 5.57. The number of carboxylic acids is 1. The third-order valence-corrected chi connectivity index (χ3v) is 4.20. The van der Waals surface area contributed by atoms with Crippen LogP contribution in [0.5, 0.6) is 0 Å². The van der Waals surface area contributed by atoms with Gasteiger partial charge in [0.2, 0.25) is 0 Å². The monoisotopic (exact) mass is 298 g/mol. The zero-order valence-corrected chi connectivity index (χ0v) is 12.3. The van der Waals surface area contributed by atoms with Gasteiger partial charge in [-0.3, -0.25) is 0 Å². The summed E-state index contributed by atoms with van der Waals surface area (Å²) in [5.74, 6) is -0.954. The van der Waals surface area contributed by atoms with E-state index in [4.69, 9.17) is 0 Å². The Labute approximate surface area is 126 Å². The highest BCUT2D eigenvalue weighted by Gasteiger charge is 2.18. The number of carbonyl (C=O) groups is 1. The van der Waals surface area contributed by atoms with E-state index in [1.165, 1.54) is 17.5 Å². The maximum absolute atomic E-state index is 11.6. The van der Waals surface area contributed by atoms with Gasteiger partial charge >= 0.3 is 5.97 Å². The number of nitrogens with zero attached hydrogens (tertiary/aromatic N) is 1. The third-order valence-electron chi connectivity index (χ3n) is 3.38. The lowest BCUT2D eigenvalue weighted by Gasteiger charge is -2.13. The topological polar surface area (TPSA) is 62.2 Å². The van der Waals surface area contributed by atoms with Crippen molar-refractivity contribution < 1.29 is 9.90 Å². The highest BCUT2D eigenvalue weighted by molar-refractivity contribution is 7.16. The molecule has 0 radical (unpaired) electrons. The van der Waals surface area contributed by atoms with Gasteiger partial charge in [-0.15, -0.1) is 11.3 Å². The first-order valence-electron chi connectivity index (χ1n) is 6.54. The van der Waals surface area contributed by atoms with Gasteiger partial charge in [-0.1, -0.05) is 24.3 Å². The van der Waals surface area contributed by atoms with Crippen LogP contribution in [0.2, 0.25) is 0 Å². The summed E-state index contributed by atoms with van der Waals surface area (Å²) >= 11 is 1.52. The molecule has 106 valence electrons. The van der Waals surface area contributed by atoms with Gasteiger partial charge in [0, 0.05) is 23.7 Å². The summed E-state index contributed by atoms with van der Waals surface area (Å²) in [5, 5.41) is 15.4. The van der Waals surface area contributed by atoms with Crippen LogP contribution in [0, 0.1) is 0 Å². The number of thiophene rings is 1. The number of hydrogen-bond donors (Lipinski definition) is 2. The van der Waals surface area contributed by atoms with E-state index in [1.807, 2.05) is 42.8 Å². The van der Waals surface area contributed by atoms with Crippen molar-refractivity contribution in [2.24, 2.45) is 0 Å². The third kappa shape index (κ3) is 2.41. The number of pyridine rings is 1. The van der Waals surface area contributed by atoms with Crippen LogP contribution < -0.4 is 5.32 Å². The van der Waals surface area contributed by atoms with E-state index < -0.39 is 5.97 Å². The molecule has 0 bridgehead atoms. The Morgan fingerprint density at radius 2 is 2.14 bits per heavy atom. The Hall–Kier alpha value is -2.24. The SMILES string of the molecule is CNCc1ccccc1-c1c(C(=O)O)cnc2sccc12. The minimum atomic E-state index is -0.954. The molecule has 0 saturated carbocycles. The van der Waals surface area contributed by atoms with Crippen LogP contribution in [0.1, 0.15) is 15.9 Å². The molecular formula is C16H14N2O2S. The van der Waals surface area contributed by atoms with Crippen molar-refractivity contribution in [2.45, 2.75) is 6.54 Å². The molecule has 0 atom stereocenters. The largest absolute Gasteiger partial charge is 0.478 e. The van der Waals surface area contributed by atoms with Gasteiger partial charge < -0.3 is 10.4 Å². The number of fused-ring (bicyclic) bond motifs is 1. The van der Waals surface area contributed by atoms with Crippen molar-refractivity contribution in [3.8, 4) is 11.1 Å². The normalized spacial score (nSPS) is 10.9. The van der Waals surface area contributed by atoms with Gasteiger partial charge in [-0.05, 0) is 29.6 Å². The average Bonchev–Trinajstić information content (AvgIpc) is 2.95. The number of aromatic carboxylic acids is 1. The lowest BCUT2D eigenvalue weighted by Crippen LogP contribution is -2.08. The highest BCUT2D eigenvalue weighted by Crippen LogP contribution is 2.35. The number of nitrogens with one attached hydrogen (secondary N) is 1. The number of carboxylic acid groups (broad SMARTS) is 1. The van der Waals surface area contributed by atoms with Gasteiger partial charge in [0.05, 0.1) is 5.56 Å². The highest BCUT2D eigenvalue weighted by atomic mass is 32.1. The van der Waals surface area contributed by atoms with Crippen molar-refractivity contribution in [3.05, 3.63) is 53.0 Å². The van der Waals surface area contributed by atoms with Crippen molar-refractivity contribution in [2.75, 3.05) is 7.05 Å². The minimum absolute atomic E-state index is 0.240. The maximum Gasteiger partial charge on any atom is 0.337 e. The van der Waals surface area contributed by atoms with Crippen LogP contribution >= 0.6 is 11.3 Å². The summed E-state index contributed by atoms with van der Waals surface area (Å²) in [6, 6.07) is 9.80. The first kappa shape index (κ1) is 13.7. The second-order valence-electron chi connectivity index (χ2n) is 4.68. The predicted octanol–water partition coefficient (Wildman–Crippen LogP) is 3.38. The van der Waals surface area contributed by atoms with Crippen LogP contribution in [0.3, 0.4) is 0 Å². The van der Waals surface area contributed by atoms with Crippen LogP contribution in [-0.4, -0.2) is 23.1 Å². The molecule has 3 aromatic rings. The predicted molar refractivity (Wildman–Crippen MR) is 84.8 cm³/mol. The summed E-state index contributed by atoms with van der Waals surface area (Å²) in [7, 11) is 1.88. The Bertz CT molecular complexity index is 811. The van der Waals surface area contributed by atoms with E-state index in [1.54, 1.807) is 0 Å². The van der Waals surface area contributed by atoms with Crippen LogP contribution in [0.4, 0.5) is 0 Å². The van der Waals surface area contributed by atoms with Gasteiger partial charge in [-0.2, -0.15) is 0 Å². The molecule has 1 aromatic carbocycles. The number of hydrogen-bond acceptors (Lipinski definition) is 4. The summed E-state index contributed by atoms with van der Waals surface area (Å²) in [5.41, 5.74) is 3.00. The van der Waals surface area contributed by atoms with Gasteiger partial charge in [0.1, 0.15) is 4.83 Å². The zero-order valence-electron chi connectivity index (χ0n) is 11.5. The van der Waals surface area contributed by atoms with E-state index >= 15 is 0 Å². The Kier molecular flexibility index (Phi) is 3.68. The molecule has 0 aliphatic carbocycles. The standard InChI is InChI=1S/C16H14N2O2S/c1-17-8-10-4-2-3-5-11(10)14-12-6-7-21-15(12)18-9-13(14)16(19)20/h2-7,9,17H,8H2,1H3,(H,19,20). The molecule has 0 unspecified atom stereocenters. The van der Waals surface area contributed by atoms with E-state index in [0.717, 1.165) is 26.9 Å². The summed E-state index contributed by atoms with van der Waals surface area (Å²) in [6.07, 6.45) is 1.45. The van der Waals surface area contributed by atoms with E-state index in [9.17, 15) is 9.90 Å². The van der Waals surface area contributed by atoms with Crippen LogP contribution in [0.15, 0.2) is 41.9 Å². The number of rotatable bonds is 4. The molecule has 2 heterocycles. The lowest BCUT2D eigenvalue weighted by molar-refractivity contribution is 0.0697. The second kappa shape index (κ2) is 5.63. The van der Waals surface area contributed by atoms with E-state index in [0.29, 0.717) is 6.54 Å². The van der Waals surface area contributed by atoms with Gasteiger partial charge in [0.15, 0.2) is 0 Å². The first-order valence-corrected chi connectivity index (χ1v) is 7.42. The minimum Gasteiger partial charge on any atom is -0.478 e. The quantitative estimate of drug-likeness (QED) is 0.775. The van der Waals surface area contributed by atoms with Crippen LogP contribution in [0.25, 0.3) is 21.3 Å². The molecule has 0 spiro atoms. The molecule has 0 aliphatic heterocycles. The molecular weight excluding hydrogens is 284 g/mol. The smallest absolute Gasteiger partial charge is 0.337 e. The summed E-state index contributed by atoms with van der Waals surface area (Å²) < 4.78 is 0. The fraction of sp³-hybridized carbons (Fsp3) is 0.125. The Balaban J connectivity index is 2.35. The molecule has 4 nitrogen and oxygen atoms in total. The average molecular weight is 298 g/mol. The van der Waals surface area contributed by atoms with Gasteiger partial charge in [0.25, 0.3) is 0 Å². The van der Waals surface area contributed by atoms with Crippen LogP contribution in [-0.2, 0) is 6.54 Å². The molecule has 21 heavy (non-hydrogen) atoms. The van der Waals surface area contributed by atoms with Crippen molar-refractivity contribution in [1.29, 1.82) is 0 Å². The molecule has 2 N–H and O–H groups in total. The molecule has 0 aliphatic rings. The Morgan fingerprint density at radius 3 is 2.90 bits per heavy atom. The van der Waals surface area contributed by atoms with Crippen molar-refractivity contribution in [1.82, 2.24) is 10.3 Å². The first-order chi connectivity index (χ1) is 10.2. The van der Waals surface area contributed by atoms with Crippen molar-refractivity contribution >= 4 is 27.5 Å². The number of benzene rings is 1. The summed E-state index contributed by atoms with van der Waals surface area (Å²) in [6.45, 7) is 0.684. The molecule has 3 rings (SSSR count). The fourth-order valence-corrected chi connectivity index (χ4v) is 3.23. The summed E-state index contributed by atoms with van der Waals surface area (Å²) in [4.78, 5) is 16.7. The Morgan fingerprint density at radius 1 is 1.33 bits per heavy atom. The molecule has 0 amide bonds. The maximum atomic E-state index is 11.6. The van der Waals surface area contributed by atoms with E-state index in [2.05, 4.69) is 10.3 Å². The fourth-order valence-electron chi connectivity index (χ4n) is 2.49. The molecule has 0 saturated heterocycles. The molecule has 2 aromatic heterocycles. The molecule has 0 fully saturated rings. The van der Waals surface area contributed by atoms with Crippen molar-refractivity contribution in [3.63, 3.8) is 0 Å². The van der Waals surface area contributed by atoms with E-state index in [-0.39, 0.29) is 5.56 Å². The molecule has 5 heteroatoms. The number of aromatic nitrogens is 1.